The first-order valence-electron chi connectivity index (χ1n) is 9.84. The molecule has 8 heteroatoms. The third-order valence-electron chi connectivity index (χ3n) is 4.91. The normalized spacial score (nSPS) is 11.4. The summed E-state index contributed by atoms with van der Waals surface area (Å²) in [4.78, 5) is 12.4. The molecule has 158 valence electrons. The predicted octanol–water partition coefficient (Wildman–Crippen LogP) is 5.67. The molecule has 0 unspecified atom stereocenters. The number of aromatic nitrogens is 3. The van der Waals surface area contributed by atoms with Gasteiger partial charge in [-0.05, 0) is 24.3 Å². The van der Waals surface area contributed by atoms with Gasteiger partial charge in [-0.2, -0.15) is 0 Å². The number of aromatic amines is 1. The van der Waals surface area contributed by atoms with E-state index < -0.39 is 10.0 Å². The molecule has 2 aromatic heterocycles. The SMILES string of the molecule is O=S(=O)(Nc1nccs1)c1ccc(-c2nc(-c3ccccc3)c(-c3ccccc3)[nH]2)cc1. The summed E-state index contributed by atoms with van der Waals surface area (Å²) in [6.45, 7) is 0. The second-order valence-electron chi connectivity index (χ2n) is 7.01. The number of nitrogens with one attached hydrogen (secondary N) is 2. The summed E-state index contributed by atoms with van der Waals surface area (Å²) < 4.78 is 27.7. The predicted molar refractivity (Wildman–Crippen MR) is 128 cm³/mol. The second kappa shape index (κ2) is 8.41. The van der Waals surface area contributed by atoms with E-state index >= 15 is 0 Å². The van der Waals surface area contributed by atoms with Crippen LogP contribution in [0.5, 0.6) is 0 Å². The Balaban J connectivity index is 1.52. The largest absolute Gasteiger partial charge is 0.337 e. The van der Waals surface area contributed by atoms with Crippen LogP contribution in [0.2, 0.25) is 0 Å². The van der Waals surface area contributed by atoms with Gasteiger partial charge in [-0.15, -0.1) is 11.3 Å². The van der Waals surface area contributed by atoms with Crippen molar-refractivity contribution in [3.05, 3.63) is 96.5 Å². The minimum atomic E-state index is -3.70. The molecule has 5 aromatic rings. The average molecular weight is 459 g/mol. The molecule has 0 aliphatic rings. The van der Waals surface area contributed by atoms with Crippen molar-refractivity contribution in [1.29, 1.82) is 0 Å². The Morgan fingerprint density at radius 3 is 2.06 bits per heavy atom. The molecule has 0 amide bonds. The number of sulfonamides is 1. The molecule has 0 bridgehead atoms. The lowest BCUT2D eigenvalue weighted by atomic mass is 10.1. The van der Waals surface area contributed by atoms with E-state index in [1.54, 1.807) is 35.8 Å². The molecule has 6 nitrogen and oxygen atoms in total. The molecule has 0 atom stereocenters. The molecule has 0 fully saturated rings. The highest BCUT2D eigenvalue weighted by atomic mass is 32.2. The van der Waals surface area contributed by atoms with Crippen molar-refractivity contribution in [2.24, 2.45) is 0 Å². The van der Waals surface area contributed by atoms with Crippen LogP contribution >= 0.6 is 11.3 Å². The van der Waals surface area contributed by atoms with Gasteiger partial charge in [0.1, 0.15) is 5.82 Å². The van der Waals surface area contributed by atoms with Crippen LogP contribution in [0.15, 0.2) is 101 Å². The van der Waals surface area contributed by atoms with Crippen LogP contribution in [0, 0.1) is 0 Å². The number of imidazole rings is 1. The van der Waals surface area contributed by atoms with Crippen molar-refractivity contribution in [1.82, 2.24) is 15.0 Å². The van der Waals surface area contributed by atoms with E-state index in [1.165, 1.54) is 11.3 Å². The molecular weight excluding hydrogens is 440 g/mol. The van der Waals surface area contributed by atoms with Gasteiger partial charge in [0.2, 0.25) is 0 Å². The molecule has 3 aromatic carbocycles. The Hall–Kier alpha value is -3.75. The summed E-state index contributed by atoms with van der Waals surface area (Å²) in [5.74, 6) is 0.666. The Morgan fingerprint density at radius 2 is 1.44 bits per heavy atom. The number of nitrogens with zero attached hydrogens (tertiary/aromatic N) is 2. The molecule has 2 heterocycles. The third kappa shape index (κ3) is 4.05. The van der Waals surface area contributed by atoms with Crippen LogP contribution in [0.4, 0.5) is 5.13 Å². The van der Waals surface area contributed by atoms with E-state index in [-0.39, 0.29) is 4.90 Å². The van der Waals surface area contributed by atoms with Gasteiger partial charge < -0.3 is 4.98 Å². The van der Waals surface area contributed by atoms with Gasteiger partial charge in [0.05, 0.1) is 16.3 Å². The van der Waals surface area contributed by atoms with Crippen molar-refractivity contribution in [2.75, 3.05) is 4.72 Å². The van der Waals surface area contributed by atoms with Gasteiger partial charge in [-0.1, -0.05) is 60.7 Å². The fourth-order valence-corrected chi connectivity index (χ4v) is 5.16. The van der Waals surface area contributed by atoms with Gasteiger partial charge >= 0.3 is 0 Å². The molecule has 32 heavy (non-hydrogen) atoms. The Kier molecular flexibility index (Phi) is 5.30. The van der Waals surface area contributed by atoms with Crippen molar-refractivity contribution in [3.8, 4) is 33.9 Å². The Bertz CT molecular complexity index is 1370. The van der Waals surface area contributed by atoms with Crippen molar-refractivity contribution >= 4 is 26.5 Å². The summed E-state index contributed by atoms with van der Waals surface area (Å²) in [6.07, 6.45) is 1.55. The number of thiazole rings is 1. The lowest BCUT2D eigenvalue weighted by molar-refractivity contribution is 0.601. The number of hydrogen-bond donors (Lipinski definition) is 2. The van der Waals surface area contributed by atoms with Crippen LogP contribution in [0.1, 0.15) is 0 Å². The van der Waals surface area contributed by atoms with Crippen molar-refractivity contribution in [2.45, 2.75) is 4.90 Å². The van der Waals surface area contributed by atoms with Crippen molar-refractivity contribution < 1.29 is 8.42 Å². The van der Waals surface area contributed by atoms with E-state index in [9.17, 15) is 8.42 Å². The Labute approximate surface area is 189 Å². The van der Waals surface area contributed by atoms with Crippen LogP contribution in [0.3, 0.4) is 0 Å². The minimum absolute atomic E-state index is 0.162. The Morgan fingerprint density at radius 1 is 0.781 bits per heavy atom. The summed E-state index contributed by atoms with van der Waals surface area (Å²) in [5.41, 5.74) is 4.57. The quantitative estimate of drug-likeness (QED) is 0.343. The van der Waals surface area contributed by atoms with Gasteiger partial charge in [-0.3, -0.25) is 4.72 Å². The van der Waals surface area contributed by atoms with Crippen LogP contribution in [-0.2, 0) is 10.0 Å². The molecular formula is C24H18N4O2S2. The number of anilines is 1. The molecule has 0 aliphatic carbocycles. The number of hydrogen-bond acceptors (Lipinski definition) is 5. The number of rotatable bonds is 6. The molecule has 0 saturated carbocycles. The molecule has 0 spiro atoms. The highest BCUT2D eigenvalue weighted by molar-refractivity contribution is 7.93. The molecule has 5 rings (SSSR count). The molecule has 0 aliphatic heterocycles. The fourth-order valence-electron chi connectivity index (χ4n) is 3.37. The van der Waals surface area contributed by atoms with Crippen LogP contribution in [0.25, 0.3) is 33.9 Å². The highest BCUT2D eigenvalue weighted by Gasteiger charge is 2.18. The van der Waals surface area contributed by atoms with E-state index in [4.69, 9.17) is 4.98 Å². The first-order valence-corrected chi connectivity index (χ1v) is 12.2. The van der Waals surface area contributed by atoms with E-state index in [0.29, 0.717) is 11.0 Å². The zero-order valence-corrected chi connectivity index (χ0v) is 18.4. The van der Waals surface area contributed by atoms with E-state index in [2.05, 4.69) is 14.7 Å². The second-order valence-corrected chi connectivity index (χ2v) is 9.59. The summed E-state index contributed by atoms with van der Waals surface area (Å²) in [6, 6.07) is 26.6. The maximum Gasteiger partial charge on any atom is 0.263 e. The maximum absolute atomic E-state index is 12.6. The van der Waals surface area contributed by atoms with Gasteiger partial charge in [-0.25, -0.2) is 18.4 Å². The molecule has 2 N–H and O–H groups in total. The van der Waals surface area contributed by atoms with E-state index in [0.717, 1.165) is 28.1 Å². The summed E-state index contributed by atoms with van der Waals surface area (Å²) >= 11 is 1.23. The third-order valence-corrected chi connectivity index (χ3v) is 7.08. The van der Waals surface area contributed by atoms with Gasteiger partial charge in [0, 0.05) is 28.3 Å². The summed E-state index contributed by atoms with van der Waals surface area (Å²) in [5, 5.41) is 2.05. The molecule has 0 radical (unpaired) electrons. The monoisotopic (exact) mass is 458 g/mol. The fraction of sp³-hybridized carbons (Fsp3) is 0. The standard InChI is InChI=1S/C24H18N4O2S2/c29-32(30,28-24-25-15-16-31-24)20-13-11-19(12-14-20)23-26-21(17-7-3-1-4-8-17)22(27-23)18-9-5-2-6-10-18/h1-16H,(H,25,28)(H,26,27). The highest BCUT2D eigenvalue weighted by Crippen LogP contribution is 2.33. The minimum Gasteiger partial charge on any atom is -0.337 e. The van der Waals surface area contributed by atoms with Gasteiger partial charge in [0.15, 0.2) is 5.13 Å². The zero-order valence-electron chi connectivity index (χ0n) is 16.8. The maximum atomic E-state index is 12.6. The number of benzene rings is 3. The van der Waals surface area contributed by atoms with Crippen LogP contribution in [-0.4, -0.2) is 23.4 Å². The topological polar surface area (TPSA) is 87.7 Å². The van der Waals surface area contributed by atoms with Crippen LogP contribution < -0.4 is 4.72 Å². The van der Waals surface area contributed by atoms with E-state index in [1.807, 2.05) is 60.7 Å². The average Bonchev–Trinajstić information content (AvgIpc) is 3.50. The molecule has 0 saturated heterocycles. The summed E-state index contributed by atoms with van der Waals surface area (Å²) in [7, 11) is -3.70. The number of H-pyrrole nitrogens is 1. The first kappa shape index (κ1) is 20.2. The zero-order chi connectivity index (χ0) is 22.0. The van der Waals surface area contributed by atoms with Gasteiger partial charge in [0.25, 0.3) is 10.0 Å². The first-order chi connectivity index (χ1) is 15.6. The lowest BCUT2D eigenvalue weighted by Gasteiger charge is -2.05. The smallest absolute Gasteiger partial charge is 0.263 e. The van der Waals surface area contributed by atoms with Crippen molar-refractivity contribution in [3.63, 3.8) is 0 Å². The lowest BCUT2D eigenvalue weighted by Crippen LogP contribution is -2.12.